The monoisotopic (exact) mass is 1990 g/mol. The van der Waals surface area contributed by atoms with Crippen LogP contribution in [-0.4, -0.2) is 67.9 Å². The number of hydrogen-bond acceptors (Lipinski definition) is 3. The Morgan fingerprint density at radius 2 is 0.691 bits per heavy atom. The molecule has 0 saturated carbocycles. The third-order valence-corrected chi connectivity index (χ3v) is 39.4. The topological polar surface area (TPSA) is 37.6 Å². The van der Waals surface area contributed by atoms with Gasteiger partial charge in [0.05, 0.1) is 37.1 Å². The van der Waals surface area contributed by atoms with Crippen molar-refractivity contribution in [3.8, 4) is 44.6 Å². The summed E-state index contributed by atoms with van der Waals surface area (Å²) in [6.45, 7) is 27.3. The van der Waals surface area contributed by atoms with Crippen molar-refractivity contribution in [2.24, 2.45) is 0 Å². The minimum atomic E-state index is -2.59. The molecular formula is C117H124Cl3F10LiN2O3Si3. The molecule has 4 aliphatic carbocycles. The van der Waals surface area contributed by atoms with Gasteiger partial charge in [-0.05, 0) is 209 Å². The van der Waals surface area contributed by atoms with Crippen molar-refractivity contribution in [3.63, 3.8) is 0 Å². The molecule has 0 spiro atoms. The van der Waals surface area contributed by atoms with Crippen molar-refractivity contribution >= 4 is 98.9 Å². The van der Waals surface area contributed by atoms with Crippen molar-refractivity contribution in [1.82, 2.24) is 9.13 Å². The number of nitrogens with zero attached hydrogens (tertiary/aromatic N) is 2. The second-order valence-electron chi connectivity index (χ2n) is 41.0. The van der Waals surface area contributed by atoms with Gasteiger partial charge in [-0.15, -0.1) is 39.7 Å². The summed E-state index contributed by atoms with van der Waals surface area (Å²) in [6.07, 6.45) is 14.8. The summed E-state index contributed by atoms with van der Waals surface area (Å²) in [6, 6.07) is 86.8. The maximum atomic E-state index is 15.4. The Hall–Kier alpha value is -9.11. The predicted octanol–water partition coefficient (Wildman–Crippen LogP) is 32.3. The number of unbranched alkanes of at least 4 members (excludes halogenated alkanes) is 9. The van der Waals surface area contributed by atoms with Crippen LogP contribution in [-0.2, 0) is 33.7 Å². The van der Waals surface area contributed by atoms with Gasteiger partial charge in [-0.25, -0.2) is 43.9 Å². The molecule has 0 fully saturated rings. The molecule has 22 heteroatoms. The molecule has 2 heterocycles. The zero-order chi connectivity index (χ0) is 98.5. The van der Waals surface area contributed by atoms with Crippen LogP contribution in [0.5, 0.6) is 0 Å². The summed E-state index contributed by atoms with van der Waals surface area (Å²) in [5, 5.41) is 4.45. The second kappa shape index (κ2) is 44.8. The standard InChI is InChI=1S/C46H44F5NOSi.C24H33ClOSi.C23H13F5N.C13H10.C11H24Cl2OSi.Li/c1-46(2,3)53-25-15-5-6-16-26-54(4,44-31-20-10-7-17-28(31)29-18-8-11-21-32(29)44)45-33-22-12-9-19-30(33)43-37(45)34-23-13-14-24-36(34)52(43)27-35-38(47)40(49)42(51)41(50)39(35)48;1-24(2,3)26-17-11-5-6-12-18-27(4,25)23-21-15-9-7-13-19(21)20-14-8-10-16-22(20)23;1-11-6-7-17-14(8-11)15-9-12-4-2-3-5-13(12)23(15)29(17)10-16-18(24)20(26)22(28)21(27)19(16)25;1-3-7-12-10(5-1)9-11-6-2-4-8-13(11)12;1-11(2,3)14-9-7-5-6-8-10-15(4,12)13;/h7-14,17-24,44-45H,5-6,15-16,25-27H2,1-4H3;7-10,13-16,23H,5-6,11-12,17-18H2,1-4H3;2-9H,10H2,1H3;1-8H,9H2;5-10H2,1-4H3;/q;;-1;;;+1. The first-order valence-electron chi connectivity index (χ1n) is 48.5. The van der Waals surface area contributed by atoms with E-state index in [4.69, 9.17) is 47.4 Å². The number of aryl methyl sites for hydroxylation is 1. The van der Waals surface area contributed by atoms with Crippen molar-refractivity contribution < 1.29 is 77.0 Å². The number of benzene rings is 12. The third kappa shape index (κ3) is 23.5. The number of hydrogen-bond donors (Lipinski definition) is 0. The summed E-state index contributed by atoms with van der Waals surface area (Å²) in [5.41, 5.74) is 22.3. The molecule has 3 unspecified atom stereocenters. The SMILES string of the molecule is CC(C)(C)OCCCCCC[Si](C)(C1c2ccccc2-c2ccccc21)C1c2ccccc2-c2c1c1ccccc1n2Cc1c(F)c(F)c(F)c(F)c1F.CC(C)(C)OCCCCCC[Si](C)(Cl)C1c2ccccc2-c2ccccc21.CC(C)(C)OCCCCCC[Si](C)(Cl)Cl.Cc1ccc2c(c1)c1[cH-]c3ccccc3c1n2Cc1c(F)c(F)c(F)c(F)c1F.[Li+].c1ccc2c(c1)Cc1ccccc1-2. The molecule has 139 heavy (non-hydrogen) atoms. The molecule has 0 bridgehead atoms. The molecule has 5 nitrogen and oxygen atoms in total. The van der Waals surface area contributed by atoms with Crippen molar-refractivity contribution in [2.45, 2.75) is 237 Å². The number of para-hydroxylation sites is 1. The Morgan fingerprint density at radius 3 is 1.14 bits per heavy atom. The number of aromatic nitrogens is 2. The molecular weight excluding hydrogens is 1870 g/mol. The minimum absolute atomic E-state index is 0. The fraction of sp³-hybridized carbons (Fsp3) is 0.342. The Balaban J connectivity index is 0.000000153. The molecule has 4 aliphatic rings. The molecule has 19 rings (SSSR count). The number of rotatable bonds is 28. The van der Waals surface area contributed by atoms with E-state index in [1.807, 2.05) is 92.3 Å². The maximum Gasteiger partial charge on any atom is 1.00 e. The number of halogens is 13. The largest absolute Gasteiger partial charge is 1.00 e. The van der Waals surface area contributed by atoms with Gasteiger partial charge in [-0.2, -0.15) is 11.1 Å². The first-order valence-corrected chi connectivity index (χ1v) is 59.9. The van der Waals surface area contributed by atoms with Crippen molar-refractivity contribution in [1.29, 1.82) is 0 Å². The van der Waals surface area contributed by atoms with Crippen LogP contribution in [0.3, 0.4) is 0 Å². The van der Waals surface area contributed by atoms with Gasteiger partial charge in [0, 0.05) is 76.1 Å². The van der Waals surface area contributed by atoms with Gasteiger partial charge in [0.1, 0.15) is 0 Å². The van der Waals surface area contributed by atoms with Crippen LogP contribution in [0.2, 0.25) is 37.8 Å². The van der Waals surface area contributed by atoms with E-state index < -0.39 is 105 Å². The molecule has 3 atom stereocenters. The summed E-state index contributed by atoms with van der Waals surface area (Å²) < 4.78 is 165. The normalized spacial score (nSPS) is 14.4. The molecule has 0 saturated heterocycles. The second-order valence-corrected chi connectivity index (χ2v) is 60.1. The quantitative estimate of drug-likeness (QED) is 0.00933. The zero-order valence-corrected chi connectivity index (χ0v) is 87.5. The van der Waals surface area contributed by atoms with E-state index in [0.717, 1.165) is 138 Å². The Labute approximate surface area is 842 Å². The summed E-state index contributed by atoms with van der Waals surface area (Å²) in [4.78, 5) is 0. The van der Waals surface area contributed by atoms with Gasteiger partial charge in [-0.1, -0.05) is 317 Å². The molecule has 15 aromatic rings. The summed E-state index contributed by atoms with van der Waals surface area (Å²) in [7, 11) is -4.52. The van der Waals surface area contributed by atoms with E-state index in [1.54, 1.807) is 15.2 Å². The van der Waals surface area contributed by atoms with Crippen LogP contribution in [0.15, 0.2) is 243 Å². The fourth-order valence-corrected chi connectivity index (χ4v) is 32.7. The first-order chi connectivity index (χ1) is 65.8. The summed E-state index contributed by atoms with van der Waals surface area (Å²) in [5.74, 6) is -19.2. The smallest absolute Gasteiger partial charge is 0.380 e. The van der Waals surface area contributed by atoms with Gasteiger partial charge in [0.25, 0.3) is 0 Å². The van der Waals surface area contributed by atoms with E-state index in [0.29, 0.717) is 22.1 Å². The van der Waals surface area contributed by atoms with Crippen LogP contribution in [0.4, 0.5) is 43.9 Å². The first kappa shape index (κ1) is 106. The zero-order valence-electron chi connectivity index (χ0n) is 82.2. The average Bonchev–Trinajstić information content (AvgIpc) is 1.52. The number of fused-ring (bicyclic) bond motifs is 19. The van der Waals surface area contributed by atoms with Crippen LogP contribution >= 0.6 is 33.2 Å². The molecule has 0 N–H and O–H groups in total. The third-order valence-electron chi connectivity index (χ3n) is 27.4. The Bertz CT molecular complexity index is 6680. The van der Waals surface area contributed by atoms with E-state index in [2.05, 4.69) is 233 Å². The molecule has 0 radical (unpaired) electrons. The molecule has 724 valence electrons. The van der Waals surface area contributed by atoms with Gasteiger partial charge >= 0.3 is 18.9 Å². The summed E-state index contributed by atoms with van der Waals surface area (Å²) >= 11 is 19.3. The molecule has 13 aromatic carbocycles. The van der Waals surface area contributed by atoms with Crippen molar-refractivity contribution in [3.05, 3.63) is 362 Å². The van der Waals surface area contributed by atoms with Gasteiger partial charge in [0.15, 0.2) is 53.9 Å². The Morgan fingerprint density at radius 1 is 0.345 bits per heavy atom. The molecule has 2 aromatic heterocycles. The van der Waals surface area contributed by atoms with Crippen LogP contribution < -0.4 is 18.9 Å². The van der Waals surface area contributed by atoms with E-state index in [9.17, 15) is 35.1 Å². The van der Waals surface area contributed by atoms with Crippen LogP contribution in [0.25, 0.3) is 88.1 Å². The number of ether oxygens (including phenoxy) is 3. The van der Waals surface area contributed by atoms with Crippen molar-refractivity contribution in [2.75, 3.05) is 19.8 Å². The maximum absolute atomic E-state index is 15.4. The van der Waals surface area contributed by atoms with E-state index in [1.165, 1.54) is 105 Å². The Kier molecular flexibility index (Phi) is 34.1. The average molecular weight is 1990 g/mol. The fourth-order valence-electron chi connectivity index (χ4n) is 21.1. The van der Waals surface area contributed by atoms with E-state index >= 15 is 8.78 Å². The van der Waals surface area contributed by atoms with Crippen LogP contribution in [0.1, 0.15) is 217 Å². The molecule has 0 amide bonds. The molecule has 0 aliphatic heterocycles. The van der Waals surface area contributed by atoms with Gasteiger partial charge in [0.2, 0.25) is 18.3 Å². The van der Waals surface area contributed by atoms with Gasteiger partial charge in [-0.3, -0.25) is 0 Å². The minimum Gasteiger partial charge on any atom is -0.380 e. The van der Waals surface area contributed by atoms with Gasteiger partial charge < -0.3 is 23.3 Å². The van der Waals surface area contributed by atoms with Crippen LogP contribution in [0, 0.1) is 65.1 Å². The van der Waals surface area contributed by atoms with E-state index in [-0.39, 0.29) is 46.7 Å². The predicted molar refractivity (Wildman–Crippen MR) is 559 cm³/mol.